The second-order valence-electron chi connectivity index (χ2n) is 6.44. The highest BCUT2D eigenvalue weighted by Gasteiger charge is 2.11. The van der Waals surface area contributed by atoms with Gasteiger partial charge in [0.25, 0.3) is 0 Å². The molecule has 0 spiro atoms. The smallest absolute Gasteiger partial charge is 0.0366 e. The molecule has 0 aliphatic carbocycles. The van der Waals surface area contributed by atoms with Gasteiger partial charge in [0.1, 0.15) is 0 Å². The van der Waals surface area contributed by atoms with E-state index in [9.17, 15) is 0 Å². The highest BCUT2D eigenvalue weighted by molar-refractivity contribution is 9.10. The van der Waals surface area contributed by atoms with E-state index in [-0.39, 0.29) is 0 Å². The normalized spacial score (nSPS) is 11.5. The summed E-state index contributed by atoms with van der Waals surface area (Å²) in [7, 11) is 0. The van der Waals surface area contributed by atoms with Crippen LogP contribution in [0.5, 0.6) is 0 Å². The van der Waals surface area contributed by atoms with Crippen LogP contribution < -0.4 is 0 Å². The second kappa shape index (κ2) is 6.34. The minimum absolute atomic E-state index is 1.15. The number of aryl methyl sites for hydroxylation is 1. The SMILES string of the molecule is Cc1ccccc1-c1cc2cc3sc(-c4ccccc4Br)cc3cc2s1. The minimum atomic E-state index is 1.15. The van der Waals surface area contributed by atoms with E-state index in [4.69, 9.17) is 0 Å². The molecule has 0 aliphatic rings. The maximum absolute atomic E-state index is 3.68. The maximum atomic E-state index is 3.68. The van der Waals surface area contributed by atoms with Gasteiger partial charge in [0.15, 0.2) is 0 Å². The number of hydrogen-bond acceptors (Lipinski definition) is 2. The van der Waals surface area contributed by atoms with Crippen LogP contribution >= 0.6 is 38.6 Å². The van der Waals surface area contributed by atoms with Gasteiger partial charge in [-0.1, -0.05) is 58.4 Å². The van der Waals surface area contributed by atoms with E-state index < -0.39 is 0 Å². The van der Waals surface area contributed by atoms with Gasteiger partial charge in [-0.25, -0.2) is 0 Å². The third-order valence-electron chi connectivity index (χ3n) is 4.71. The zero-order chi connectivity index (χ0) is 17.7. The molecule has 0 saturated carbocycles. The molecular weight excluding hydrogens is 420 g/mol. The fourth-order valence-electron chi connectivity index (χ4n) is 3.35. The molecule has 3 heteroatoms. The molecule has 0 radical (unpaired) electrons. The van der Waals surface area contributed by atoms with E-state index in [2.05, 4.69) is 95.7 Å². The fraction of sp³-hybridized carbons (Fsp3) is 0.0435. The lowest BCUT2D eigenvalue weighted by Gasteiger charge is -2.00. The summed E-state index contributed by atoms with van der Waals surface area (Å²) in [6, 6.07) is 26.4. The summed E-state index contributed by atoms with van der Waals surface area (Å²) in [6.07, 6.45) is 0. The van der Waals surface area contributed by atoms with Crippen molar-refractivity contribution in [2.75, 3.05) is 0 Å². The van der Waals surface area contributed by atoms with Gasteiger partial charge in [-0.05, 0) is 59.2 Å². The summed E-state index contributed by atoms with van der Waals surface area (Å²) in [5, 5.41) is 2.66. The Hall–Kier alpha value is -1.94. The summed E-state index contributed by atoms with van der Waals surface area (Å²) in [5.74, 6) is 0. The molecule has 0 nitrogen and oxygen atoms in total. The third-order valence-corrected chi connectivity index (χ3v) is 7.66. The quantitative estimate of drug-likeness (QED) is 0.261. The van der Waals surface area contributed by atoms with Crippen LogP contribution in [0.1, 0.15) is 5.56 Å². The Bertz CT molecular complexity index is 1110. The highest BCUT2D eigenvalue weighted by Crippen LogP contribution is 2.42. The van der Waals surface area contributed by atoms with Crippen LogP contribution in [-0.4, -0.2) is 0 Å². The Morgan fingerprint density at radius 1 is 0.654 bits per heavy atom. The van der Waals surface area contributed by atoms with E-state index in [1.807, 2.05) is 22.7 Å². The molecule has 5 aromatic rings. The van der Waals surface area contributed by atoms with Gasteiger partial charge in [-0.3, -0.25) is 0 Å². The zero-order valence-electron chi connectivity index (χ0n) is 14.1. The average molecular weight is 435 g/mol. The van der Waals surface area contributed by atoms with Crippen molar-refractivity contribution < 1.29 is 0 Å². The molecule has 5 rings (SSSR count). The number of fused-ring (bicyclic) bond motifs is 2. The third kappa shape index (κ3) is 2.71. The van der Waals surface area contributed by atoms with E-state index >= 15 is 0 Å². The lowest BCUT2D eigenvalue weighted by molar-refractivity contribution is 1.48. The fourth-order valence-corrected chi connectivity index (χ4v) is 6.29. The Balaban J connectivity index is 1.66. The standard InChI is InChI=1S/C23H15BrS2/c1-14-6-2-3-7-17(14)22-12-15-10-21-16(11-20(15)25-22)13-23(26-21)18-8-4-5-9-19(18)24/h2-13H,1H3. The number of hydrogen-bond donors (Lipinski definition) is 0. The Kier molecular flexibility index (Phi) is 3.96. The lowest BCUT2D eigenvalue weighted by Crippen LogP contribution is -1.77. The molecule has 126 valence electrons. The van der Waals surface area contributed by atoms with Crippen molar-refractivity contribution in [3.63, 3.8) is 0 Å². The number of benzene rings is 3. The van der Waals surface area contributed by atoms with Gasteiger partial charge in [0, 0.05) is 29.2 Å². The minimum Gasteiger partial charge on any atom is -0.135 e. The Morgan fingerprint density at radius 3 is 1.81 bits per heavy atom. The monoisotopic (exact) mass is 434 g/mol. The van der Waals surface area contributed by atoms with E-state index in [0.29, 0.717) is 0 Å². The molecule has 2 heterocycles. The lowest BCUT2D eigenvalue weighted by atomic mass is 10.1. The van der Waals surface area contributed by atoms with Gasteiger partial charge in [0.05, 0.1) is 0 Å². The summed E-state index contributed by atoms with van der Waals surface area (Å²) >= 11 is 7.42. The van der Waals surface area contributed by atoms with Crippen LogP contribution in [0, 0.1) is 6.92 Å². The molecule has 0 atom stereocenters. The molecule has 0 N–H and O–H groups in total. The molecule has 0 bridgehead atoms. The van der Waals surface area contributed by atoms with Crippen LogP contribution in [-0.2, 0) is 0 Å². The van der Waals surface area contributed by atoms with Crippen LogP contribution in [0.15, 0.2) is 77.3 Å². The van der Waals surface area contributed by atoms with E-state index in [1.54, 1.807) is 0 Å². The van der Waals surface area contributed by atoms with Crippen LogP contribution in [0.25, 0.3) is 41.1 Å². The van der Waals surface area contributed by atoms with Crippen molar-refractivity contribution >= 4 is 58.8 Å². The van der Waals surface area contributed by atoms with Crippen molar-refractivity contribution in [2.45, 2.75) is 6.92 Å². The first kappa shape index (κ1) is 16.2. The zero-order valence-corrected chi connectivity index (χ0v) is 17.3. The predicted octanol–water partition coefficient (Wildman–Crippen LogP) is 8.52. The molecule has 3 aromatic carbocycles. The molecular formula is C23H15BrS2. The first-order valence-corrected chi connectivity index (χ1v) is 10.9. The molecule has 26 heavy (non-hydrogen) atoms. The molecule has 0 aliphatic heterocycles. The number of halogens is 1. The summed E-state index contributed by atoms with van der Waals surface area (Å²) in [5.41, 5.74) is 3.93. The largest absolute Gasteiger partial charge is 0.135 e. The molecule has 0 saturated heterocycles. The van der Waals surface area contributed by atoms with Crippen molar-refractivity contribution in [1.82, 2.24) is 0 Å². The average Bonchev–Trinajstić information content (AvgIpc) is 3.23. The second-order valence-corrected chi connectivity index (χ2v) is 9.47. The molecule has 0 unspecified atom stereocenters. The van der Waals surface area contributed by atoms with Crippen LogP contribution in [0.2, 0.25) is 0 Å². The van der Waals surface area contributed by atoms with Crippen LogP contribution in [0.3, 0.4) is 0 Å². The first-order valence-electron chi connectivity index (χ1n) is 8.47. The molecule has 0 amide bonds. The summed E-state index contributed by atoms with van der Waals surface area (Å²) in [4.78, 5) is 2.66. The van der Waals surface area contributed by atoms with Gasteiger partial charge in [-0.15, -0.1) is 22.7 Å². The Morgan fingerprint density at radius 2 is 1.19 bits per heavy atom. The van der Waals surface area contributed by atoms with E-state index in [0.717, 1.165) is 4.47 Å². The van der Waals surface area contributed by atoms with Gasteiger partial charge < -0.3 is 0 Å². The number of thiophene rings is 2. The Labute approximate surface area is 168 Å². The van der Waals surface area contributed by atoms with E-state index in [1.165, 1.54) is 46.6 Å². The maximum Gasteiger partial charge on any atom is 0.0366 e. The number of rotatable bonds is 2. The van der Waals surface area contributed by atoms with Crippen molar-refractivity contribution in [3.05, 3.63) is 82.8 Å². The van der Waals surface area contributed by atoms with Crippen molar-refractivity contribution in [3.8, 4) is 20.9 Å². The van der Waals surface area contributed by atoms with Gasteiger partial charge in [-0.2, -0.15) is 0 Å². The topological polar surface area (TPSA) is 0 Å². The van der Waals surface area contributed by atoms with Crippen molar-refractivity contribution in [1.29, 1.82) is 0 Å². The van der Waals surface area contributed by atoms with Crippen LogP contribution in [0.4, 0.5) is 0 Å². The highest BCUT2D eigenvalue weighted by atomic mass is 79.9. The van der Waals surface area contributed by atoms with Crippen molar-refractivity contribution in [2.24, 2.45) is 0 Å². The summed E-state index contributed by atoms with van der Waals surface area (Å²) < 4.78 is 3.85. The van der Waals surface area contributed by atoms with Gasteiger partial charge in [0.2, 0.25) is 0 Å². The first-order chi connectivity index (χ1) is 12.7. The molecule has 0 fully saturated rings. The van der Waals surface area contributed by atoms with Gasteiger partial charge >= 0.3 is 0 Å². The predicted molar refractivity (Wildman–Crippen MR) is 121 cm³/mol. The molecule has 2 aromatic heterocycles. The summed E-state index contributed by atoms with van der Waals surface area (Å²) in [6.45, 7) is 2.18.